The molecule has 0 spiro atoms. The average molecular weight is 360 g/mol. The molecule has 2 amide bonds. The maximum absolute atomic E-state index is 12.8. The molecule has 1 atom stereocenters. The van der Waals surface area contributed by atoms with Gasteiger partial charge in [0.25, 0.3) is 5.91 Å². The molecule has 0 aliphatic carbocycles. The Hall–Kier alpha value is -3.60. The second-order valence-corrected chi connectivity index (χ2v) is 6.12. The fourth-order valence-corrected chi connectivity index (χ4v) is 2.66. The summed E-state index contributed by atoms with van der Waals surface area (Å²) in [4.78, 5) is 25.3. The van der Waals surface area contributed by atoms with Gasteiger partial charge in [0.15, 0.2) is 0 Å². The molecular formula is C22H20N2O3. The summed E-state index contributed by atoms with van der Waals surface area (Å²) in [6.07, 6.45) is 0.364. The van der Waals surface area contributed by atoms with Gasteiger partial charge in [0, 0.05) is 17.7 Å². The third-order valence-electron chi connectivity index (χ3n) is 4.08. The Morgan fingerprint density at radius 2 is 1.41 bits per heavy atom. The SMILES string of the molecule is O=C(N[C@H](Cc1ccccc1)C(=O)Nc1ccc(O)cc1)c1ccccc1. The quantitative estimate of drug-likeness (QED) is 0.590. The van der Waals surface area contributed by atoms with Gasteiger partial charge in [0.1, 0.15) is 11.8 Å². The van der Waals surface area contributed by atoms with E-state index in [1.54, 1.807) is 36.4 Å². The molecular weight excluding hydrogens is 340 g/mol. The predicted octanol–water partition coefficient (Wildman–Crippen LogP) is 3.37. The van der Waals surface area contributed by atoms with Crippen molar-refractivity contribution in [2.75, 3.05) is 5.32 Å². The van der Waals surface area contributed by atoms with E-state index in [9.17, 15) is 14.7 Å². The summed E-state index contributed by atoms with van der Waals surface area (Å²) in [5.41, 5.74) is 1.98. The van der Waals surface area contributed by atoms with Gasteiger partial charge in [-0.1, -0.05) is 48.5 Å². The van der Waals surface area contributed by atoms with Crippen LogP contribution in [-0.4, -0.2) is 23.0 Å². The number of hydrogen-bond donors (Lipinski definition) is 3. The van der Waals surface area contributed by atoms with Crippen LogP contribution in [0.15, 0.2) is 84.9 Å². The van der Waals surface area contributed by atoms with E-state index < -0.39 is 6.04 Å². The van der Waals surface area contributed by atoms with Gasteiger partial charge in [-0.15, -0.1) is 0 Å². The number of carbonyl (C=O) groups is 2. The first-order valence-electron chi connectivity index (χ1n) is 8.61. The molecule has 5 heteroatoms. The topological polar surface area (TPSA) is 78.4 Å². The number of benzene rings is 3. The van der Waals surface area contributed by atoms with Crippen LogP contribution in [0.2, 0.25) is 0 Å². The zero-order chi connectivity index (χ0) is 19.1. The Labute approximate surface area is 157 Å². The van der Waals surface area contributed by atoms with Crippen molar-refractivity contribution in [3.8, 4) is 5.75 Å². The summed E-state index contributed by atoms with van der Waals surface area (Å²) >= 11 is 0. The number of phenolic OH excluding ortho intramolecular Hbond substituents is 1. The minimum absolute atomic E-state index is 0.117. The van der Waals surface area contributed by atoms with Crippen molar-refractivity contribution in [2.24, 2.45) is 0 Å². The molecule has 3 aromatic carbocycles. The Balaban J connectivity index is 1.77. The van der Waals surface area contributed by atoms with E-state index in [1.165, 1.54) is 12.1 Å². The van der Waals surface area contributed by atoms with Crippen LogP contribution in [-0.2, 0) is 11.2 Å². The number of hydrogen-bond acceptors (Lipinski definition) is 3. The van der Waals surface area contributed by atoms with E-state index >= 15 is 0 Å². The number of rotatable bonds is 6. The number of aromatic hydroxyl groups is 1. The largest absolute Gasteiger partial charge is 0.508 e. The standard InChI is InChI=1S/C22H20N2O3/c25-19-13-11-18(12-14-19)23-22(27)20(15-16-7-3-1-4-8-16)24-21(26)17-9-5-2-6-10-17/h1-14,20,25H,15H2,(H,23,27)(H,24,26)/t20-/m1/s1. The molecule has 0 aliphatic heterocycles. The molecule has 0 saturated carbocycles. The molecule has 0 fully saturated rings. The molecule has 5 nitrogen and oxygen atoms in total. The van der Waals surface area contributed by atoms with Gasteiger partial charge in [-0.2, -0.15) is 0 Å². The van der Waals surface area contributed by atoms with Gasteiger partial charge >= 0.3 is 0 Å². The van der Waals surface area contributed by atoms with E-state index in [4.69, 9.17) is 0 Å². The zero-order valence-corrected chi connectivity index (χ0v) is 14.6. The lowest BCUT2D eigenvalue weighted by Crippen LogP contribution is -2.45. The molecule has 0 aliphatic rings. The van der Waals surface area contributed by atoms with Crippen LogP contribution in [0.3, 0.4) is 0 Å². The van der Waals surface area contributed by atoms with Crippen molar-refractivity contribution in [1.82, 2.24) is 5.32 Å². The first-order valence-corrected chi connectivity index (χ1v) is 8.61. The molecule has 0 saturated heterocycles. The van der Waals surface area contributed by atoms with Crippen molar-refractivity contribution in [3.63, 3.8) is 0 Å². The Bertz CT molecular complexity index is 894. The van der Waals surface area contributed by atoms with Crippen molar-refractivity contribution in [3.05, 3.63) is 96.1 Å². The van der Waals surface area contributed by atoms with Gasteiger partial charge in [0.05, 0.1) is 0 Å². The highest BCUT2D eigenvalue weighted by atomic mass is 16.3. The van der Waals surface area contributed by atoms with Gasteiger partial charge in [-0.25, -0.2) is 0 Å². The summed E-state index contributed by atoms with van der Waals surface area (Å²) < 4.78 is 0. The minimum atomic E-state index is -0.742. The second-order valence-electron chi connectivity index (χ2n) is 6.12. The summed E-state index contributed by atoms with van der Waals surface area (Å²) in [7, 11) is 0. The predicted molar refractivity (Wildman–Crippen MR) is 105 cm³/mol. The average Bonchev–Trinajstić information content (AvgIpc) is 2.70. The third kappa shape index (κ3) is 5.19. The van der Waals surface area contributed by atoms with Gasteiger partial charge in [-0.05, 0) is 42.0 Å². The van der Waals surface area contributed by atoms with Crippen molar-refractivity contribution in [2.45, 2.75) is 12.5 Å². The lowest BCUT2D eigenvalue weighted by atomic mass is 10.0. The normalized spacial score (nSPS) is 11.4. The summed E-state index contributed by atoms with van der Waals surface area (Å²) in [6.45, 7) is 0. The molecule has 0 heterocycles. The highest BCUT2D eigenvalue weighted by molar-refractivity contribution is 6.01. The Kier molecular flexibility index (Phi) is 5.84. The molecule has 136 valence electrons. The third-order valence-corrected chi connectivity index (χ3v) is 4.08. The van der Waals surface area contributed by atoms with Crippen molar-refractivity contribution < 1.29 is 14.7 Å². The first kappa shape index (κ1) is 18.2. The minimum Gasteiger partial charge on any atom is -0.508 e. The van der Waals surface area contributed by atoms with Gasteiger partial charge in [-0.3, -0.25) is 9.59 Å². The smallest absolute Gasteiger partial charge is 0.251 e. The van der Waals surface area contributed by atoms with Crippen LogP contribution < -0.4 is 10.6 Å². The molecule has 27 heavy (non-hydrogen) atoms. The Morgan fingerprint density at radius 1 is 0.815 bits per heavy atom. The Morgan fingerprint density at radius 3 is 2.04 bits per heavy atom. The molecule has 0 bridgehead atoms. The molecule has 0 radical (unpaired) electrons. The number of amides is 2. The van der Waals surface area contributed by atoms with Crippen molar-refractivity contribution in [1.29, 1.82) is 0 Å². The van der Waals surface area contributed by atoms with Crippen LogP contribution in [0, 0.1) is 0 Å². The molecule has 3 N–H and O–H groups in total. The number of nitrogens with one attached hydrogen (secondary N) is 2. The number of anilines is 1. The fourth-order valence-electron chi connectivity index (χ4n) is 2.66. The highest BCUT2D eigenvalue weighted by Gasteiger charge is 2.22. The van der Waals surface area contributed by atoms with Crippen LogP contribution >= 0.6 is 0 Å². The van der Waals surface area contributed by atoms with Crippen LogP contribution in [0.5, 0.6) is 5.75 Å². The number of carbonyl (C=O) groups excluding carboxylic acids is 2. The van der Waals surface area contributed by atoms with Crippen molar-refractivity contribution >= 4 is 17.5 Å². The fraction of sp³-hybridized carbons (Fsp3) is 0.0909. The zero-order valence-electron chi connectivity index (χ0n) is 14.6. The lowest BCUT2D eigenvalue weighted by molar-refractivity contribution is -0.118. The maximum atomic E-state index is 12.8. The summed E-state index contributed by atoms with van der Waals surface area (Å²) in [6, 6.07) is 23.7. The van der Waals surface area contributed by atoms with Crippen LogP contribution in [0.1, 0.15) is 15.9 Å². The van der Waals surface area contributed by atoms with E-state index in [0.29, 0.717) is 17.7 Å². The summed E-state index contributed by atoms with van der Waals surface area (Å²) in [5.74, 6) is -0.516. The number of phenols is 1. The summed E-state index contributed by atoms with van der Waals surface area (Å²) in [5, 5.41) is 15.0. The molecule has 0 aromatic heterocycles. The van der Waals surface area contributed by atoms with E-state index in [2.05, 4.69) is 10.6 Å². The first-order chi connectivity index (χ1) is 13.1. The monoisotopic (exact) mass is 360 g/mol. The molecule has 3 aromatic rings. The maximum Gasteiger partial charge on any atom is 0.251 e. The molecule has 0 unspecified atom stereocenters. The van der Waals surface area contributed by atoms with Gasteiger partial charge in [0.2, 0.25) is 5.91 Å². The van der Waals surface area contributed by atoms with Crippen LogP contribution in [0.25, 0.3) is 0 Å². The van der Waals surface area contributed by atoms with Gasteiger partial charge < -0.3 is 15.7 Å². The van der Waals surface area contributed by atoms with E-state index in [1.807, 2.05) is 36.4 Å². The van der Waals surface area contributed by atoms with Crippen LogP contribution in [0.4, 0.5) is 5.69 Å². The van der Waals surface area contributed by atoms with E-state index in [0.717, 1.165) is 5.56 Å². The highest BCUT2D eigenvalue weighted by Crippen LogP contribution is 2.15. The van der Waals surface area contributed by atoms with E-state index in [-0.39, 0.29) is 17.6 Å². The lowest BCUT2D eigenvalue weighted by Gasteiger charge is -2.19. The second kappa shape index (κ2) is 8.67. The molecule has 3 rings (SSSR count).